The van der Waals surface area contributed by atoms with E-state index in [1.165, 1.54) is 32.1 Å². The van der Waals surface area contributed by atoms with E-state index in [1.807, 2.05) is 0 Å². The third-order valence-electron chi connectivity index (χ3n) is 4.17. The Morgan fingerprint density at radius 3 is 2.28 bits per heavy atom. The zero-order valence-electron chi connectivity index (χ0n) is 12.2. The zero-order chi connectivity index (χ0) is 13.5. The number of hydrogen-bond acceptors (Lipinski definition) is 2. The van der Waals surface area contributed by atoms with Crippen LogP contribution in [0.5, 0.6) is 0 Å². The molecule has 1 amide bonds. The molecule has 18 heavy (non-hydrogen) atoms. The minimum absolute atomic E-state index is 0.0290. The minimum atomic E-state index is -0.336. The van der Waals surface area contributed by atoms with E-state index in [0.717, 1.165) is 18.9 Å². The van der Waals surface area contributed by atoms with Crippen LogP contribution in [0.2, 0.25) is 0 Å². The van der Waals surface area contributed by atoms with Crippen molar-refractivity contribution in [2.45, 2.75) is 65.3 Å². The molecule has 0 radical (unpaired) electrons. The van der Waals surface area contributed by atoms with E-state index in [9.17, 15) is 4.79 Å². The lowest BCUT2D eigenvalue weighted by Gasteiger charge is -2.28. The molecule has 3 nitrogen and oxygen atoms in total. The van der Waals surface area contributed by atoms with Crippen LogP contribution in [-0.4, -0.2) is 18.5 Å². The van der Waals surface area contributed by atoms with Crippen LogP contribution in [0.3, 0.4) is 0 Å². The first-order valence-corrected chi connectivity index (χ1v) is 7.56. The lowest BCUT2D eigenvalue weighted by molar-refractivity contribution is -0.122. The Bertz CT molecular complexity index is 245. The van der Waals surface area contributed by atoms with Crippen LogP contribution in [0, 0.1) is 17.8 Å². The van der Waals surface area contributed by atoms with Gasteiger partial charge >= 0.3 is 0 Å². The molecular formula is C15H30N2O. The summed E-state index contributed by atoms with van der Waals surface area (Å²) in [5.41, 5.74) is 5.87. The second-order valence-corrected chi connectivity index (χ2v) is 6.28. The van der Waals surface area contributed by atoms with Gasteiger partial charge in [0.1, 0.15) is 0 Å². The van der Waals surface area contributed by atoms with Gasteiger partial charge in [0.25, 0.3) is 0 Å². The largest absolute Gasteiger partial charge is 0.354 e. The van der Waals surface area contributed by atoms with Gasteiger partial charge in [-0.1, -0.05) is 40.0 Å². The quantitative estimate of drug-likeness (QED) is 0.765. The number of nitrogens with two attached hydrogens (primary N) is 1. The average molecular weight is 254 g/mol. The van der Waals surface area contributed by atoms with Crippen LogP contribution >= 0.6 is 0 Å². The van der Waals surface area contributed by atoms with Crippen molar-refractivity contribution >= 4 is 5.91 Å². The van der Waals surface area contributed by atoms with Crippen molar-refractivity contribution in [2.24, 2.45) is 23.5 Å². The van der Waals surface area contributed by atoms with Crippen molar-refractivity contribution in [3.8, 4) is 0 Å². The predicted octanol–water partition coefficient (Wildman–Crippen LogP) is 2.69. The van der Waals surface area contributed by atoms with Gasteiger partial charge in [0.2, 0.25) is 5.91 Å². The van der Waals surface area contributed by atoms with Crippen LogP contribution in [0.15, 0.2) is 0 Å². The maximum Gasteiger partial charge on any atom is 0.236 e. The van der Waals surface area contributed by atoms with Gasteiger partial charge in [-0.2, -0.15) is 0 Å². The van der Waals surface area contributed by atoms with Gasteiger partial charge in [-0.05, 0) is 37.0 Å². The lowest BCUT2D eigenvalue weighted by Crippen LogP contribution is -2.43. The Kier molecular flexibility index (Phi) is 6.69. The molecule has 1 aliphatic carbocycles. The molecule has 0 unspecified atom stereocenters. The van der Waals surface area contributed by atoms with Gasteiger partial charge in [0.05, 0.1) is 6.04 Å². The molecule has 0 aromatic heterocycles. The highest BCUT2D eigenvalue weighted by atomic mass is 16.2. The molecule has 1 saturated carbocycles. The average Bonchev–Trinajstić information content (AvgIpc) is 2.35. The number of nitrogens with one attached hydrogen (secondary N) is 1. The highest BCUT2D eigenvalue weighted by molar-refractivity contribution is 5.81. The van der Waals surface area contributed by atoms with E-state index in [2.05, 4.69) is 26.1 Å². The highest BCUT2D eigenvalue weighted by Crippen LogP contribution is 2.30. The number of amides is 1. The number of rotatable bonds is 6. The van der Waals surface area contributed by atoms with Crippen LogP contribution < -0.4 is 11.1 Å². The molecule has 0 aromatic rings. The first-order chi connectivity index (χ1) is 8.52. The molecule has 0 heterocycles. The predicted molar refractivity (Wildman–Crippen MR) is 76.2 cm³/mol. The van der Waals surface area contributed by atoms with Gasteiger partial charge < -0.3 is 11.1 Å². The third-order valence-corrected chi connectivity index (χ3v) is 4.17. The summed E-state index contributed by atoms with van der Waals surface area (Å²) in [6.45, 7) is 7.29. The Labute approximate surface area is 112 Å². The normalized spacial score (nSPS) is 26.1. The maximum atomic E-state index is 11.8. The van der Waals surface area contributed by atoms with Crippen molar-refractivity contribution in [1.29, 1.82) is 0 Å². The number of carbonyl (C=O) groups is 1. The van der Waals surface area contributed by atoms with E-state index in [0.29, 0.717) is 11.8 Å². The van der Waals surface area contributed by atoms with E-state index in [-0.39, 0.29) is 11.9 Å². The van der Waals surface area contributed by atoms with Crippen LogP contribution in [0.4, 0.5) is 0 Å². The summed E-state index contributed by atoms with van der Waals surface area (Å²) in [5.74, 6) is 2.09. The molecule has 0 spiro atoms. The van der Waals surface area contributed by atoms with Gasteiger partial charge in [-0.25, -0.2) is 0 Å². The monoisotopic (exact) mass is 254 g/mol. The van der Waals surface area contributed by atoms with E-state index in [4.69, 9.17) is 5.73 Å². The topological polar surface area (TPSA) is 55.1 Å². The smallest absolute Gasteiger partial charge is 0.236 e. The van der Waals surface area contributed by atoms with Crippen LogP contribution in [0.25, 0.3) is 0 Å². The summed E-state index contributed by atoms with van der Waals surface area (Å²) >= 11 is 0. The summed E-state index contributed by atoms with van der Waals surface area (Å²) in [4.78, 5) is 11.8. The van der Waals surface area contributed by atoms with Gasteiger partial charge in [-0.3, -0.25) is 4.79 Å². The SMILES string of the molecule is CCC1CCC(CNC(=O)[C@H](N)CC(C)C)CC1. The fourth-order valence-electron chi connectivity index (χ4n) is 2.83. The highest BCUT2D eigenvalue weighted by Gasteiger charge is 2.21. The molecule has 1 aliphatic rings. The second kappa shape index (κ2) is 7.78. The molecule has 1 rings (SSSR count). The molecule has 0 aromatic carbocycles. The van der Waals surface area contributed by atoms with Crippen LogP contribution in [0.1, 0.15) is 59.3 Å². The maximum absolute atomic E-state index is 11.8. The van der Waals surface area contributed by atoms with Crippen LogP contribution in [-0.2, 0) is 4.79 Å². The molecule has 1 fully saturated rings. The number of carbonyl (C=O) groups excluding carboxylic acids is 1. The molecule has 3 heteroatoms. The van der Waals surface area contributed by atoms with Crippen molar-refractivity contribution in [2.75, 3.05) is 6.54 Å². The Morgan fingerprint density at radius 1 is 1.22 bits per heavy atom. The Hall–Kier alpha value is -0.570. The molecule has 106 valence electrons. The van der Waals surface area contributed by atoms with E-state index >= 15 is 0 Å². The fraction of sp³-hybridized carbons (Fsp3) is 0.933. The Balaban J connectivity index is 2.19. The van der Waals surface area contributed by atoms with Gasteiger partial charge in [0.15, 0.2) is 0 Å². The standard InChI is InChI=1S/C15H30N2O/c1-4-12-5-7-13(8-6-12)10-17-15(18)14(16)9-11(2)3/h11-14H,4-10,16H2,1-3H3,(H,17,18)/t12?,13?,14-/m1/s1. The summed E-state index contributed by atoms with van der Waals surface area (Å²) in [7, 11) is 0. The van der Waals surface area contributed by atoms with Crippen molar-refractivity contribution in [1.82, 2.24) is 5.32 Å². The molecule has 0 saturated heterocycles. The van der Waals surface area contributed by atoms with E-state index < -0.39 is 0 Å². The summed E-state index contributed by atoms with van der Waals surface area (Å²) in [6, 6.07) is -0.336. The molecule has 1 atom stereocenters. The molecule has 0 aliphatic heterocycles. The summed E-state index contributed by atoms with van der Waals surface area (Å²) in [6.07, 6.45) is 7.26. The second-order valence-electron chi connectivity index (χ2n) is 6.28. The van der Waals surface area contributed by atoms with E-state index in [1.54, 1.807) is 0 Å². The minimum Gasteiger partial charge on any atom is -0.354 e. The lowest BCUT2D eigenvalue weighted by atomic mass is 9.81. The number of hydrogen-bond donors (Lipinski definition) is 2. The van der Waals surface area contributed by atoms with Gasteiger partial charge in [0, 0.05) is 6.54 Å². The first kappa shape index (κ1) is 15.5. The molecular weight excluding hydrogens is 224 g/mol. The third kappa shape index (κ3) is 5.38. The van der Waals surface area contributed by atoms with Crippen molar-refractivity contribution < 1.29 is 4.79 Å². The summed E-state index contributed by atoms with van der Waals surface area (Å²) in [5, 5.41) is 3.03. The zero-order valence-corrected chi connectivity index (χ0v) is 12.2. The summed E-state index contributed by atoms with van der Waals surface area (Å²) < 4.78 is 0. The fourth-order valence-corrected chi connectivity index (χ4v) is 2.83. The molecule has 3 N–H and O–H groups in total. The first-order valence-electron chi connectivity index (χ1n) is 7.56. The van der Waals surface area contributed by atoms with Gasteiger partial charge in [-0.15, -0.1) is 0 Å². The Morgan fingerprint density at radius 2 is 1.78 bits per heavy atom. The van der Waals surface area contributed by atoms with Crippen molar-refractivity contribution in [3.05, 3.63) is 0 Å². The van der Waals surface area contributed by atoms with Crippen molar-refractivity contribution in [3.63, 3.8) is 0 Å². The molecule has 0 bridgehead atoms.